The molecule has 0 saturated carbocycles. The summed E-state index contributed by atoms with van der Waals surface area (Å²) in [5, 5.41) is 0. The van der Waals surface area contributed by atoms with Gasteiger partial charge in [0.2, 0.25) is 0 Å². The van der Waals surface area contributed by atoms with E-state index in [-0.39, 0.29) is 5.91 Å². The molecule has 0 heterocycles. The largest absolute Gasteiger partial charge is 0.494 e. The topological polar surface area (TPSA) is 55.6 Å². The van der Waals surface area contributed by atoms with E-state index < -0.39 is 0 Å². The lowest BCUT2D eigenvalue weighted by Gasteiger charge is -2.19. The Morgan fingerprint density at radius 1 is 1.24 bits per heavy atom. The molecule has 0 spiro atoms. The van der Waals surface area contributed by atoms with E-state index in [4.69, 9.17) is 10.5 Å². The van der Waals surface area contributed by atoms with Crippen molar-refractivity contribution < 1.29 is 9.53 Å². The molecule has 4 heteroatoms. The Kier molecular flexibility index (Phi) is 4.48. The molecule has 0 aliphatic rings. The van der Waals surface area contributed by atoms with Crippen molar-refractivity contribution in [3.8, 4) is 5.75 Å². The number of anilines is 1. The molecule has 0 aromatic heterocycles. The van der Waals surface area contributed by atoms with Crippen LogP contribution in [0.5, 0.6) is 5.75 Å². The van der Waals surface area contributed by atoms with Gasteiger partial charge in [0.05, 0.1) is 18.4 Å². The van der Waals surface area contributed by atoms with Gasteiger partial charge in [0.25, 0.3) is 5.91 Å². The highest BCUT2D eigenvalue weighted by atomic mass is 16.5. The van der Waals surface area contributed by atoms with E-state index in [9.17, 15) is 4.79 Å². The quantitative estimate of drug-likeness (QED) is 0.878. The number of para-hydroxylation sites is 1. The van der Waals surface area contributed by atoms with Crippen molar-refractivity contribution in [1.29, 1.82) is 0 Å². The van der Waals surface area contributed by atoms with E-state index in [0.29, 0.717) is 23.5 Å². The lowest BCUT2D eigenvalue weighted by atomic mass is 10.1. The SMILES string of the molecule is COc1c(N)cccc1C(=O)N(C)Cc1cccc(C)c1. The molecule has 21 heavy (non-hydrogen) atoms. The second-order valence-electron chi connectivity index (χ2n) is 5.08. The highest BCUT2D eigenvalue weighted by Crippen LogP contribution is 2.27. The van der Waals surface area contributed by atoms with Gasteiger partial charge in [-0.25, -0.2) is 0 Å². The van der Waals surface area contributed by atoms with E-state index in [0.717, 1.165) is 5.56 Å². The van der Waals surface area contributed by atoms with Gasteiger partial charge in [-0.2, -0.15) is 0 Å². The lowest BCUT2D eigenvalue weighted by Crippen LogP contribution is -2.26. The fourth-order valence-electron chi connectivity index (χ4n) is 2.31. The predicted octanol–water partition coefficient (Wildman–Crippen LogP) is 2.86. The van der Waals surface area contributed by atoms with Crippen LogP contribution in [0.2, 0.25) is 0 Å². The van der Waals surface area contributed by atoms with Gasteiger partial charge in [-0.05, 0) is 24.6 Å². The molecule has 0 saturated heterocycles. The maximum Gasteiger partial charge on any atom is 0.257 e. The molecule has 0 aliphatic heterocycles. The number of nitrogens with two attached hydrogens (primary N) is 1. The Balaban J connectivity index is 2.22. The molecule has 4 nitrogen and oxygen atoms in total. The molecule has 0 aliphatic carbocycles. The van der Waals surface area contributed by atoms with Crippen molar-refractivity contribution in [2.45, 2.75) is 13.5 Å². The number of aryl methyl sites for hydroxylation is 1. The number of carbonyl (C=O) groups excluding carboxylic acids is 1. The van der Waals surface area contributed by atoms with Crippen molar-refractivity contribution in [2.75, 3.05) is 19.9 Å². The van der Waals surface area contributed by atoms with Crippen LogP contribution in [0.1, 0.15) is 21.5 Å². The standard InChI is InChI=1S/C17H20N2O2/c1-12-6-4-7-13(10-12)11-19(2)17(20)14-8-5-9-15(18)16(14)21-3/h4-10H,11,18H2,1-3H3. The summed E-state index contributed by atoms with van der Waals surface area (Å²) < 4.78 is 5.24. The van der Waals surface area contributed by atoms with Crippen LogP contribution < -0.4 is 10.5 Å². The smallest absolute Gasteiger partial charge is 0.257 e. The van der Waals surface area contributed by atoms with Crippen LogP contribution in [0.3, 0.4) is 0 Å². The Morgan fingerprint density at radius 2 is 1.95 bits per heavy atom. The average Bonchev–Trinajstić information content (AvgIpc) is 2.46. The Labute approximate surface area is 125 Å². The van der Waals surface area contributed by atoms with Gasteiger partial charge in [-0.1, -0.05) is 35.9 Å². The molecule has 2 N–H and O–H groups in total. The maximum atomic E-state index is 12.6. The number of methoxy groups -OCH3 is 1. The van der Waals surface area contributed by atoms with Gasteiger partial charge in [-0.15, -0.1) is 0 Å². The van der Waals surface area contributed by atoms with Gasteiger partial charge in [0.15, 0.2) is 5.75 Å². The van der Waals surface area contributed by atoms with Crippen LogP contribution in [0, 0.1) is 6.92 Å². The zero-order valence-electron chi connectivity index (χ0n) is 12.6. The predicted molar refractivity (Wildman–Crippen MR) is 84.4 cm³/mol. The number of hydrogen-bond acceptors (Lipinski definition) is 3. The first kappa shape index (κ1) is 14.9. The number of rotatable bonds is 4. The monoisotopic (exact) mass is 284 g/mol. The normalized spacial score (nSPS) is 10.2. The molecule has 0 radical (unpaired) electrons. The number of nitrogens with zero attached hydrogens (tertiary/aromatic N) is 1. The summed E-state index contributed by atoms with van der Waals surface area (Å²) in [6.45, 7) is 2.57. The number of benzene rings is 2. The molecule has 1 amide bonds. The Bertz CT molecular complexity index is 653. The van der Waals surface area contributed by atoms with Crippen LogP contribution in [0.4, 0.5) is 5.69 Å². The third-order valence-corrected chi connectivity index (χ3v) is 3.33. The summed E-state index contributed by atoms with van der Waals surface area (Å²) >= 11 is 0. The number of hydrogen-bond donors (Lipinski definition) is 1. The highest BCUT2D eigenvalue weighted by molar-refractivity contribution is 5.98. The molecule has 2 rings (SSSR count). The van der Waals surface area contributed by atoms with E-state index in [2.05, 4.69) is 6.07 Å². The molecular formula is C17H20N2O2. The molecule has 0 atom stereocenters. The number of amides is 1. The number of carbonyl (C=O) groups is 1. The fraction of sp³-hybridized carbons (Fsp3) is 0.235. The van der Waals surface area contributed by atoms with Gasteiger partial charge in [0.1, 0.15) is 0 Å². The molecule has 2 aromatic carbocycles. The van der Waals surface area contributed by atoms with Crippen molar-refractivity contribution in [3.63, 3.8) is 0 Å². The van der Waals surface area contributed by atoms with Crippen LogP contribution in [-0.2, 0) is 6.54 Å². The summed E-state index contributed by atoms with van der Waals surface area (Å²) in [7, 11) is 3.29. The van der Waals surface area contributed by atoms with Crippen LogP contribution in [0.25, 0.3) is 0 Å². The summed E-state index contributed by atoms with van der Waals surface area (Å²) in [5.41, 5.74) is 9.06. The number of nitrogen functional groups attached to an aromatic ring is 1. The van der Waals surface area contributed by atoms with Crippen molar-refractivity contribution in [1.82, 2.24) is 4.90 Å². The zero-order valence-corrected chi connectivity index (χ0v) is 12.6. The van der Waals surface area contributed by atoms with Crippen molar-refractivity contribution in [2.24, 2.45) is 0 Å². The average molecular weight is 284 g/mol. The zero-order chi connectivity index (χ0) is 15.4. The highest BCUT2D eigenvalue weighted by Gasteiger charge is 2.18. The summed E-state index contributed by atoms with van der Waals surface area (Å²) in [6.07, 6.45) is 0. The maximum absolute atomic E-state index is 12.6. The van der Waals surface area contributed by atoms with Crippen LogP contribution in [-0.4, -0.2) is 25.0 Å². The van der Waals surface area contributed by atoms with E-state index in [1.54, 1.807) is 30.1 Å². The second-order valence-corrected chi connectivity index (χ2v) is 5.08. The van der Waals surface area contributed by atoms with Crippen LogP contribution >= 0.6 is 0 Å². The summed E-state index contributed by atoms with van der Waals surface area (Å²) in [6, 6.07) is 13.3. The third kappa shape index (κ3) is 3.34. The first-order valence-corrected chi connectivity index (χ1v) is 6.76. The Morgan fingerprint density at radius 3 is 2.62 bits per heavy atom. The van der Waals surface area contributed by atoms with Crippen molar-refractivity contribution in [3.05, 3.63) is 59.2 Å². The molecule has 2 aromatic rings. The van der Waals surface area contributed by atoms with E-state index >= 15 is 0 Å². The summed E-state index contributed by atoms with van der Waals surface area (Å²) in [4.78, 5) is 14.2. The first-order valence-electron chi connectivity index (χ1n) is 6.76. The fourth-order valence-corrected chi connectivity index (χ4v) is 2.31. The Hall–Kier alpha value is -2.49. The third-order valence-electron chi connectivity index (χ3n) is 3.33. The first-order chi connectivity index (χ1) is 10.0. The minimum absolute atomic E-state index is 0.111. The minimum Gasteiger partial charge on any atom is -0.494 e. The number of ether oxygens (including phenoxy) is 1. The minimum atomic E-state index is -0.111. The van der Waals surface area contributed by atoms with Gasteiger partial charge >= 0.3 is 0 Å². The molecule has 110 valence electrons. The van der Waals surface area contributed by atoms with Crippen molar-refractivity contribution >= 4 is 11.6 Å². The lowest BCUT2D eigenvalue weighted by molar-refractivity contribution is 0.0782. The molecule has 0 unspecified atom stereocenters. The van der Waals surface area contributed by atoms with Gasteiger partial charge in [-0.3, -0.25) is 4.79 Å². The van der Waals surface area contributed by atoms with E-state index in [1.165, 1.54) is 12.7 Å². The molecular weight excluding hydrogens is 264 g/mol. The van der Waals surface area contributed by atoms with Gasteiger partial charge in [0, 0.05) is 13.6 Å². The molecule has 0 fully saturated rings. The van der Waals surface area contributed by atoms with Gasteiger partial charge < -0.3 is 15.4 Å². The van der Waals surface area contributed by atoms with Crippen LogP contribution in [0.15, 0.2) is 42.5 Å². The molecule has 0 bridgehead atoms. The van der Waals surface area contributed by atoms with E-state index in [1.807, 2.05) is 25.1 Å². The summed E-state index contributed by atoms with van der Waals surface area (Å²) in [5.74, 6) is 0.319. The second kappa shape index (κ2) is 6.31.